The third-order valence-electron chi connectivity index (χ3n) is 8.97. The molecule has 0 saturated heterocycles. The minimum atomic E-state index is -1.69. The van der Waals surface area contributed by atoms with E-state index in [1.807, 2.05) is 0 Å². The first-order valence-corrected chi connectivity index (χ1v) is 19.1. The lowest BCUT2D eigenvalue weighted by Gasteiger charge is -2.39. The molecule has 0 saturated carbocycles. The standard InChI is InChI=1S/2C16H36N.C6H4N2O4/c2*1-5-9-13-17(14-10-6-2,15-11-7-3)16-12-8-4;9-5(10)3-4(6(11)12)8-2-1-7-3/h2*5-16H2,1-4H3;1-2H,(H,9,10)(H,11,12)/q2*+1;/p-2. The molecule has 8 heteroatoms. The molecule has 46 heavy (non-hydrogen) atoms. The number of carboxylic acid groups (broad SMARTS) is 2. The van der Waals surface area contributed by atoms with Gasteiger partial charge in [-0.25, -0.2) is 0 Å². The predicted octanol–water partition coefficient (Wildman–Crippen LogP) is 7.21. The molecular weight excluding hydrogens is 576 g/mol. The molecule has 0 amide bonds. The second-order valence-corrected chi connectivity index (χ2v) is 13.1. The molecule has 0 radical (unpaired) electrons. The van der Waals surface area contributed by atoms with Crippen LogP contribution in [0, 0.1) is 0 Å². The molecule has 0 aliphatic rings. The molecule has 0 aliphatic carbocycles. The summed E-state index contributed by atoms with van der Waals surface area (Å²) in [5.74, 6) is -3.38. The van der Waals surface area contributed by atoms with Gasteiger partial charge in [0.05, 0.1) is 64.3 Å². The minimum absolute atomic E-state index is 0.725. The van der Waals surface area contributed by atoms with Gasteiger partial charge >= 0.3 is 0 Å². The first-order chi connectivity index (χ1) is 22.1. The number of unbranched alkanes of at least 4 members (excludes halogenated alkanes) is 8. The Balaban J connectivity index is 0. The maximum absolute atomic E-state index is 10.2. The molecule has 1 aromatic heterocycles. The molecular formula is C38H74N4O4. The summed E-state index contributed by atoms with van der Waals surface area (Å²) in [7, 11) is 0. The number of aromatic carboxylic acids is 2. The summed E-state index contributed by atoms with van der Waals surface area (Å²) in [6, 6.07) is 0. The number of carboxylic acids is 2. The zero-order valence-corrected chi connectivity index (χ0v) is 31.5. The first-order valence-electron chi connectivity index (χ1n) is 19.1. The molecule has 0 N–H and O–H groups in total. The fourth-order valence-electron chi connectivity index (χ4n) is 5.93. The second-order valence-electron chi connectivity index (χ2n) is 13.1. The summed E-state index contributed by atoms with van der Waals surface area (Å²) in [5, 5.41) is 20.4. The van der Waals surface area contributed by atoms with Crippen LogP contribution < -0.4 is 10.2 Å². The number of quaternary nitrogens is 2. The summed E-state index contributed by atoms with van der Waals surface area (Å²) < 4.78 is 2.84. The maximum Gasteiger partial charge on any atom is 0.113 e. The Labute approximate surface area is 284 Å². The number of rotatable bonds is 26. The van der Waals surface area contributed by atoms with Crippen molar-refractivity contribution in [1.29, 1.82) is 0 Å². The highest BCUT2D eigenvalue weighted by Crippen LogP contribution is 2.17. The molecule has 0 aromatic carbocycles. The lowest BCUT2D eigenvalue weighted by atomic mass is 10.1. The Bertz CT molecular complexity index is 721. The maximum atomic E-state index is 10.2. The number of carbonyl (C=O) groups is 2. The van der Waals surface area contributed by atoms with Crippen LogP contribution in [0.25, 0.3) is 0 Å². The lowest BCUT2D eigenvalue weighted by molar-refractivity contribution is -0.929. The molecule has 1 rings (SSSR count). The largest absolute Gasteiger partial charge is 0.543 e. The second kappa shape index (κ2) is 30.3. The average Bonchev–Trinajstić information content (AvgIpc) is 3.07. The van der Waals surface area contributed by atoms with Crippen LogP contribution in [-0.4, -0.2) is 83.2 Å². The Morgan fingerprint density at radius 1 is 0.435 bits per heavy atom. The SMILES string of the molecule is CCCC[N+](CCCC)(CCCC)CCCC.CCCC[N+](CCCC)(CCCC)CCCC.O=C([O-])c1nccnc1C(=O)[O-]. The molecule has 1 aromatic rings. The van der Waals surface area contributed by atoms with E-state index in [-0.39, 0.29) is 0 Å². The molecule has 0 aliphatic heterocycles. The van der Waals surface area contributed by atoms with Gasteiger partial charge in [0.25, 0.3) is 0 Å². The number of hydrogen-bond donors (Lipinski definition) is 0. The summed E-state index contributed by atoms with van der Waals surface area (Å²) in [6.45, 7) is 30.0. The zero-order valence-electron chi connectivity index (χ0n) is 31.5. The van der Waals surface area contributed by atoms with Crippen molar-refractivity contribution in [2.75, 3.05) is 52.4 Å². The van der Waals surface area contributed by atoms with Crippen molar-refractivity contribution in [3.05, 3.63) is 23.8 Å². The monoisotopic (exact) mass is 651 g/mol. The predicted molar refractivity (Wildman–Crippen MR) is 189 cm³/mol. The molecule has 0 atom stereocenters. The minimum Gasteiger partial charge on any atom is -0.543 e. The van der Waals surface area contributed by atoms with Gasteiger partial charge in [-0.15, -0.1) is 0 Å². The number of carbonyl (C=O) groups excluding carboxylic acids is 2. The number of nitrogens with zero attached hydrogens (tertiary/aromatic N) is 4. The van der Waals surface area contributed by atoms with E-state index in [1.54, 1.807) is 0 Å². The zero-order chi connectivity index (χ0) is 35.1. The van der Waals surface area contributed by atoms with Gasteiger partial charge in [-0.2, -0.15) is 0 Å². The summed E-state index contributed by atoms with van der Waals surface area (Å²) in [4.78, 5) is 27.0. The van der Waals surface area contributed by atoms with Crippen molar-refractivity contribution >= 4 is 11.9 Å². The topological polar surface area (TPSA) is 106 Å². The van der Waals surface area contributed by atoms with E-state index in [1.165, 1.54) is 164 Å². The Morgan fingerprint density at radius 3 is 0.739 bits per heavy atom. The Kier molecular flexibility index (Phi) is 30.3. The molecule has 0 fully saturated rings. The first kappa shape index (κ1) is 46.1. The molecule has 1 heterocycles. The van der Waals surface area contributed by atoms with Crippen LogP contribution in [0.4, 0.5) is 0 Å². The van der Waals surface area contributed by atoms with Crippen LogP contribution in [-0.2, 0) is 0 Å². The van der Waals surface area contributed by atoms with E-state index < -0.39 is 23.3 Å². The van der Waals surface area contributed by atoms with Gasteiger partial charge in [0.1, 0.15) is 11.4 Å². The lowest BCUT2D eigenvalue weighted by Crippen LogP contribution is -2.50. The molecule has 270 valence electrons. The highest BCUT2D eigenvalue weighted by Gasteiger charge is 2.25. The number of hydrogen-bond acceptors (Lipinski definition) is 6. The van der Waals surface area contributed by atoms with Gasteiger partial charge in [0.15, 0.2) is 0 Å². The summed E-state index contributed by atoms with van der Waals surface area (Å²) >= 11 is 0. The molecule has 0 unspecified atom stereocenters. The van der Waals surface area contributed by atoms with Crippen LogP contribution in [0.2, 0.25) is 0 Å². The highest BCUT2D eigenvalue weighted by atomic mass is 16.4. The van der Waals surface area contributed by atoms with Crippen LogP contribution in [0.3, 0.4) is 0 Å². The smallest absolute Gasteiger partial charge is 0.113 e. The van der Waals surface area contributed by atoms with Gasteiger partial charge in [-0.05, 0) is 51.4 Å². The van der Waals surface area contributed by atoms with E-state index in [2.05, 4.69) is 65.4 Å². The van der Waals surface area contributed by atoms with Gasteiger partial charge in [-0.3, -0.25) is 9.97 Å². The Morgan fingerprint density at radius 2 is 0.609 bits per heavy atom. The normalized spacial score (nSPS) is 11.3. The van der Waals surface area contributed by atoms with E-state index in [9.17, 15) is 19.8 Å². The van der Waals surface area contributed by atoms with Crippen molar-refractivity contribution in [2.45, 2.75) is 158 Å². The van der Waals surface area contributed by atoms with Crippen molar-refractivity contribution in [3.63, 3.8) is 0 Å². The van der Waals surface area contributed by atoms with E-state index in [4.69, 9.17) is 0 Å². The van der Waals surface area contributed by atoms with E-state index in [0.29, 0.717) is 0 Å². The van der Waals surface area contributed by atoms with Gasteiger partial charge < -0.3 is 28.8 Å². The van der Waals surface area contributed by atoms with Crippen molar-refractivity contribution in [3.8, 4) is 0 Å². The fourth-order valence-corrected chi connectivity index (χ4v) is 5.93. The van der Waals surface area contributed by atoms with E-state index in [0.717, 1.165) is 12.4 Å². The highest BCUT2D eigenvalue weighted by molar-refractivity contribution is 5.96. The molecule has 8 nitrogen and oxygen atoms in total. The van der Waals surface area contributed by atoms with Crippen LogP contribution in [0.5, 0.6) is 0 Å². The van der Waals surface area contributed by atoms with Crippen LogP contribution >= 0.6 is 0 Å². The van der Waals surface area contributed by atoms with Crippen LogP contribution in [0.1, 0.15) is 179 Å². The number of aromatic nitrogens is 2. The van der Waals surface area contributed by atoms with Crippen molar-refractivity contribution in [2.24, 2.45) is 0 Å². The average molecular weight is 651 g/mol. The van der Waals surface area contributed by atoms with Crippen molar-refractivity contribution < 1.29 is 28.8 Å². The molecule has 0 bridgehead atoms. The third kappa shape index (κ3) is 21.7. The van der Waals surface area contributed by atoms with Gasteiger partial charge in [-0.1, -0.05) is 107 Å². The van der Waals surface area contributed by atoms with Crippen LogP contribution in [0.15, 0.2) is 12.4 Å². The van der Waals surface area contributed by atoms with Gasteiger partial charge in [0.2, 0.25) is 0 Å². The van der Waals surface area contributed by atoms with Crippen molar-refractivity contribution in [1.82, 2.24) is 9.97 Å². The quantitative estimate of drug-likeness (QED) is 0.0981. The van der Waals surface area contributed by atoms with Gasteiger partial charge in [0, 0.05) is 12.4 Å². The summed E-state index contributed by atoms with van der Waals surface area (Å²) in [6.07, 6.45) is 24.2. The third-order valence-corrected chi connectivity index (χ3v) is 8.97. The molecule has 0 spiro atoms. The summed E-state index contributed by atoms with van der Waals surface area (Å²) in [5.41, 5.74) is -1.45. The van der Waals surface area contributed by atoms with E-state index >= 15 is 0 Å². The Hall–Kier alpha value is -2.06. The fraction of sp³-hybridized carbons (Fsp3) is 0.842.